The number of carbonyl (C=O) groups is 2. The zero-order valence-electron chi connectivity index (χ0n) is 27.1. The Morgan fingerprint density at radius 2 is 1.11 bits per heavy atom. The molecule has 230 valence electrons. The number of rotatable bonds is 8. The van der Waals surface area contributed by atoms with Gasteiger partial charge >= 0.3 is 11.9 Å². The molecule has 8 heteroatoms. The van der Waals surface area contributed by atoms with Crippen molar-refractivity contribution in [3.05, 3.63) is 69.3 Å². The predicted octanol–water partition coefficient (Wildman–Crippen LogP) is 7.82. The van der Waals surface area contributed by atoms with Gasteiger partial charge in [-0.3, -0.25) is 9.59 Å². The highest BCUT2D eigenvalue weighted by molar-refractivity contribution is 5.96. The Bertz CT molecular complexity index is 1890. The number of esters is 2. The van der Waals surface area contributed by atoms with Crippen LogP contribution in [0.4, 0.5) is 0 Å². The van der Waals surface area contributed by atoms with E-state index in [0.29, 0.717) is 19.3 Å². The molecule has 3 aromatic rings. The van der Waals surface area contributed by atoms with Gasteiger partial charge in [0.05, 0.1) is 37.0 Å². The summed E-state index contributed by atoms with van der Waals surface area (Å²) in [7, 11) is 2.85. The lowest BCUT2D eigenvalue weighted by Crippen LogP contribution is -2.02. The first kappa shape index (κ1) is 31.0. The summed E-state index contributed by atoms with van der Waals surface area (Å²) in [6, 6.07) is 8.45. The Labute approximate surface area is 258 Å². The molecule has 2 aliphatic rings. The minimum Gasteiger partial charge on any atom is -0.469 e. The van der Waals surface area contributed by atoms with E-state index in [1.165, 1.54) is 30.9 Å². The van der Waals surface area contributed by atoms with E-state index in [-0.39, 0.29) is 18.4 Å². The van der Waals surface area contributed by atoms with Crippen molar-refractivity contribution in [3.8, 4) is 0 Å². The first-order valence-corrected chi connectivity index (χ1v) is 15.4. The molecule has 0 atom stereocenters. The fourth-order valence-corrected chi connectivity index (χ4v) is 6.41. The number of H-pyrrole nitrogens is 2. The number of ether oxygens (including phenoxy) is 2. The van der Waals surface area contributed by atoms with Crippen LogP contribution in [0.2, 0.25) is 0 Å². The Balaban J connectivity index is 1.88. The number of allylic oxidation sites excluding steroid dienone is 4. The lowest BCUT2D eigenvalue weighted by atomic mass is 9.99. The maximum atomic E-state index is 12.1. The van der Waals surface area contributed by atoms with E-state index >= 15 is 0 Å². The van der Waals surface area contributed by atoms with Crippen LogP contribution in [-0.2, 0) is 31.9 Å². The summed E-state index contributed by atoms with van der Waals surface area (Å²) in [5, 5.41) is 0. The molecule has 2 aliphatic heterocycles. The average Bonchev–Trinajstić information content (AvgIpc) is 3.67. The van der Waals surface area contributed by atoms with Crippen molar-refractivity contribution in [1.82, 2.24) is 19.9 Å². The molecule has 0 aliphatic carbocycles. The second kappa shape index (κ2) is 12.6. The average molecular weight is 595 g/mol. The Hall–Kier alpha value is -4.46. The van der Waals surface area contributed by atoms with E-state index < -0.39 is 0 Å². The van der Waals surface area contributed by atoms with Crippen molar-refractivity contribution in [3.63, 3.8) is 0 Å². The van der Waals surface area contributed by atoms with Gasteiger partial charge < -0.3 is 19.4 Å². The van der Waals surface area contributed by atoms with Crippen LogP contribution in [0.1, 0.15) is 98.4 Å². The van der Waals surface area contributed by atoms with Crippen molar-refractivity contribution >= 4 is 56.3 Å². The molecule has 0 spiro atoms. The van der Waals surface area contributed by atoms with Crippen LogP contribution < -0.4 is 0 Å². The van der Waals surface area contributed by atoms with Gasteiger partial charge in [-0.05, 0) is 122 Å². The number of hydrogen-bond donors (Lipinski definition) is 2. The van der Waals surface area contributed by atoms with Crippen molar-refractivity contribution in [2.45, 2.75) is 80.1 Å². The molecule has 8 nitrogen and oxygen atoms in total. The lowest BCUT2D eigenvalue weighted by molar-refractivity contribution is -0.141. The summed E-state index contributed by atoms with van der Waals surface area (Å²) in [5.74, 6) is -0.473. The fraction of sp³-hybridized carbons (Fsp3) is 0.389. The van der Waals surface area contributed by atoms with Crippen LogP contribution in [0.3, 0.4) is 0 Å². The van der Waals surface area contributed by atoms with E-state index in [0.717, 1.165) is 85.5 Å². The molecule has 0 fully saturated rings. The molecule has 8 bridgehead atoms. The predicted molar refractivity (Wildman–Crippen MR) is 177 cm³/mol. The molecule has 5 rings (SSSR count). The van der Waals surface area contributed by atoms with Crippen LogP contribution in [0.25, 0.3) is 44.4 Å². The molecule has 0 radical (unpaired) electrons. The first-order chi connectivity index (χ1) is 21.1. The third kappa shape index (κ3) is 5.73. The monoisotopic (exact) mass is 594 g/mol. The van der Waals surface area contributed by atoms with E-state index in [9.17, 15) is 9.59 Å². The second-order valence-corrected chi connectivity index (χ2v) is 11.5. The smallest absolute Gasteiger partial charge is 0.305 e. The summed E-state index contributed by atoms with van der Waals surface area (Å²) in [5.41, 5.74) is 16.4. The molecule has 2 N–H and O–H groups in total. The number of aromatic amines is 2. The Morgan fingerprint density at radius 3 is 1.73 bits per heavy atom. The highest BCUT2D eigenvalue weighted by atomic mass is 16.5. The minimum atomic E-state index is -0.242. The summed E-state index contributed by atoms with van der Waals surface area (Å²) in [6.07, 6.45) is 3.36. The Kier molecular flexibility index (Phi) is 8.90. The molecule has 5 heterocycles. The third-order valence-electron chi connectivity index (χ3n) is 9.12. The van der Waals surface area contributed by atoms with E-state index in [1.807, 2.05) is 0 Å². The number of nitrogens with one attached hydrogen (secondary N) is 2. The Morgan fingerprint density at radius 1 is 0.614 bits per heavy atom. The van der Waals surface area contributed by atoms with Crippen LogP contribution in [-0.4, -0.2) is 46.1 Å². The van der Waals surface area contributed by atoms with E-state index in [1.54, 1.807) is 0 Å². The van der Waals surface area contributed by atoms with E-state index in [2.05, 4.69) is 75.8 Å². The van der Waals surface area contributed by atoms with Crippen LogP contribution in [0.15, 0.2) is 24.3 Å². The molecule has 0 saturated carbocycles. The highest BCUT2D eigenvalue weighted by Gasteiger charge is 2.22. The summed E-state index contributed by atoms with van der Waals surface area (Å²) in [6.45, 7) is 12.7. The number of carbonyl (C=O) groups excluding carboxylic acids is 2. The minimum absolute atomic E-state index is 0.230. The SMILES string of the molecule is CCC1=C(C)c2cc3nc(cc4[nH]c(cc5[nH]c(cc1n2)c(C)c5CCC(=O)OC)c(C)c4CC)C(C)=C3CCC(=O)OC. The van der Waals surface area contributed by atoms with Crippen molar-refractivity contribution in [2.75, 3.05) is 14.2 Å². The van der Waals surface area contributed by atoms with Crippen molar-refractivity contribution in [2.24, 2.45) is 0 Å². The maximum absolute atomic E-state index is 12.1. The van der Waals surface area contributed by atoms with Crippen molar-refractivity contribution in [1.29, 1.82) is 0 Å². The standard InChI is InChI=1S/C36H42N4O4/c1-9-23-19(3)27-17-33-26(12-14-36(42)44-8)22(6)30(40-33)16-32-24(10-2)20(4)28(38-32)18-34-25(11-13-35(41)43-7)21(5)29(39-34)15-31(23)37-27/h15-18,37,40H,9-14H2,1-8H3. The quantitative estimate of drug-likeness (QED) is 0.257. The number of nitrogens with zero attached hydrogens (tertiary/aromatic N) is 2. The van der Waals surface area contributed by atoms with Crippen molar-refractivity contribution < 1.29 is 19.1 Å². The second-order valence-electron chi connectivity index (χ2n) is 11.5. The number of fused-ring (bicyclic) bond motifs is 8. The van der Waals surface area contributed by atoms with Gasteiger partial charge in [0.25, 0.3) is 0 Å². The largest absolute Gasteiger partial charge is 0.469 e. The number of aromatic nitrogens is 4. The van der Waals surface area contributed by atoms with Gasteiger partial charge in [-0.1, -0.05) is 13.8 Å². The van der Waals surface area contributed by atoms with Gasteiger partial charge in [-0.25, -0.2) is 9.97 Å². The van der Waals surface area contributed by atoms with Gasteiger partial charge in [0.15, 0.2) is 0 Å². The lowest BCUT2D eigenvalue weighted by Gasteiger charge is -2.04. The molecule has 44 heavy (non-hydrogen) atoms. The van der Waals surface area contributed by atoms with Gasteiger partial charge in [-0.15, -0.1) is 0 Å². The topological polar surface area (TPSA) is 110 Å². The molecule has 3 aromatic heterocycles. The number of hydrogen-bond acceptors (Lipinski definition) is 6. The number of aryl methyl sites for hydroxylation is 4. The fourth-order valence-electron chi connectivity index (χ4n) is 6.41. The van der Waals surface area contributed by atoms with Crippen LogP contribution >= 0.6 is 0 Å². The van der Waals surface area contributed by atoms with Gasteiger partial charge in [0, 0.05) is 34.9 Å². The molecule has 0 unspecified atom stereocenters. The number of methoxy groups -OCH3 is 2. The summed E-state index contributed by atoms with van der Waals surface area (Å²) < 4.78 is 9.91. The van der Waals surface area contributed by atoms with E-state index in [4.69, 9.17) is 19.4 Å². The zero-order valence-corrected chi connectivity index (χ0v) is 27.1. The summed E-state index contributed by atoms with van der Waals surface area (Å²) >= 11 is 0. The highest BCUT2D eigenvalue weighted by Crippen LogP contribution is 2.37. The molecular formula is C36H42N4O4. The molecule has 0 saturated heterocycles. The first-order valence-electron chi connectivity index (χ1n) is 15.4. The normalized spacial score (nSPS) is 13.1. The third-order valence-corrected chi connectivity index (χ3v) is 9.12. The summed E-state index contributed by atoms with van der Waals surface area (Å²) in [4.78, 5) is 41.8. The van der Waals surface area contributed by atoms with Gasteiger partial charge in [0.1, 0.15) is 0 Å². The maximum Gasteiger partial charge on any atom is 0.305 e. The van der Waals surface area contributed by atoms with Crippen LogP contribution in [0.5, 0.6) is 0 Å². The molecule has 0 aromatic carbocycles. The van der Waals surface area contributed by atoms with Crippen LogP contribution in [0, 0.1) is 13.8 Å². The molecule has 0 amide bonds. The van der Waals surface area contributed by atoms with Gasteiger partial charge in [0.2, 0.25) is 0 Å². The zero-order chi connectivity index (χ0) is 31.7. The molecular weight excluding hydrogens is 552 g/mol. The van der Waals surface area contributed by atoms with Gasteiger partial charge in [-0.2, -0.15) is 0 Å².